The van der Waals surface area contributed by atoms with Gasteiger partial charge in [-0.1, -0.05) is 0 Å². The Hall–Kier alpha value is -2.12. The maximum absolute atomic E-state index is 4.63. The molecule has 3 aromatic heterocycles. The molecule has 0 radical (unpaired) electrons. The lowest BCUT2D eigenvalue weighted by molar-refractivity contribution is 0.0897. The highest BCUT2D eigenvalue weighted by Gasteiger charge is 2.29. The number of hydrogen-bond donors (Lipinski definition) is 0. The van der Waals surface area contributed by atoms with Crippen LogP contribution in [0.5, 0.6) is 0 Å². The SMILES string of the molecule is Cc1cnn(C2CN(Cc3csc(-c4ncccn4)n3)C2)c1. The van der Waals surface area contributed by atoms with E-state index in [1.165, 1.54) is 5.56 Å². The van der Waals surface area contributed by atoms with Crippen LogP contribution in [0, 0.1) is 6.92 Å². The van der Waals surface area contributed by atoms with Gasteiger partial charge in [-0.15, -0.1) is 11.3 Å². The molecule has 1 fully saturated rings. The molecule has 112 valence electrons. The quantitative estimate of drug-likeness (QED) is 0.739. The van der Waals surface area contributed by atoms with E-state index >= 15 is 0 Å². The molecule has 3 aromatic rings. The first kappa shape index (κ1) is 13.5. The summed E-state index contributed by atoms with van der Waals surface area (Å²) in [5.41, 5.74) is 2.30. The van der Waals surface area contributed by atoms with E-state index in [1.54, 1.807) is 23.7 Å². The molecule has 7 heteroatoms. The molecular formula is C15H16N6S. The van der Waals surface area contributed by atoms with Gasteiger partial charge in [0, 0.05) is 43.6 Å². The van der Waals surface area contributed by atoms with Crippen molar-refractivity contribution in [2.24, 2.45) is 0 Å². The van der Waals surface area contributed by atoms with Gasteiger partial charge in [-0.2, -0.15) is 5.10 Å². The van der Waals surface area contributed by atoms with E-state index in [9.17, 15) is 0 Å². The Balaban J connectivity index is 1.37. The number of aromatic nitrogens is 5. The molecule has 0 aromatic carbocycles. The Labute approximate surface area is 132 Å². The highest BCUT2D eigenvalue weighted by Crippen LogP contribution is 2.25. The highest BCUT2D eigenvalue weighted by atomic mass is 32.1. The fourth-order valence-corrected chi connectivity index (χ4v) is 3.35. The van der Waals surface area contributed by atoms with E-state index in [2.05, 4.69) is 48.1 Å². The Morgan fingerprint density at radius 1 is 1.27 bits per heavy atom. The van der Waals surface area contributed by atoms with Crippen LogP contribution in [0.1, 0.15) is 17.3 Å². The maximum atomic E-state index is 4.63. The summed E-state index contributed by atoms with van der Waals surface area (Å²) in [6.07, 6.45) is 7.51. The molecule has 1 aliphatic rings. The van der Waals surface area contributed by atoms with E-state index in [1.807, 2.05) is 12.3 Å². The number of likely N-dealkylation sites (tertiary alicyclic amines) is 1. The number of aryl methyl sites for hydroxylation is 1. The van der Waals surface area contributed by atoms with Crippen LogP contribution < -0.4 is 0 Å². The summed E-state index contributed by atoms with van der Waals surface area (Å²) in [4.78, 5) is 15.5. The van der Waals surface area contributed by atoms with Crippen molar-refractivity contribution >= 4 is 11.3 Å². The zero-order valence-corrected chi connectivity index (χ0v) is 13.1. The van der Waals surface area contributed by atoms with Crippen molar-refractivity contribution in [2.45, 2.75) is 19.5 Å². The number of rotatable bonds is 4. The summed E-state index contributed by atoms with van der Waals surface area (Å²) in [7, 11) is 0. The Morgan fingerprint density at radius 3 is 2.82 bits per heavy atom. The zero-order chi connectivity index (χ0) is 14.9. The largest absolute Gasteiger partial charge is 0.293 e. The lowest BCUT2D eigenvalue weighted by atomic mass is 10.1. The molecule has 4 heterocycles. The van der Waals surface area contributed by atoms with Crippen LogP contribution in [-0.4, -0.2) is 42.7 Å². The molecule has 0 unspecified atom stereocenters. The molecule has 0 aliphatic carbocycles. The van der Waals surface area contributed by atoms with Gasteiger partial charge in [0.2, 0.25) is 0 Å². The molecule has 4 rings (SSSR count). The van der Waals surface area contributed by atoms with Crippen molar-refractivity contribution in [2.75, 3.05) is 13.1 Å². The van der Waals surface area contributed by atoms with Crippen molar-refractivity contribution in [1.29, 1.82) is 0 Å². The van der Waals surface area contributed by atoms with Crippen LogP contribution in [0.15, 0.2) is 36.2 Å². The van der Waals surface area contributed by atoms with E-state index in [0.717, 1.165) is 30.3 Å². The topological polar surface area (TPSA) is 59.7 Å². The van der Waals surface area contributed by atoms with Gasteiger partial charge < -0.3 is 0 Å². The van der Waals surface area contributed by atoms with Crippen molar-refractivity contribution in [3.8, 4) is 10.8 Å². The van der Waals surface area contributed by atoms with Gasteiger partial charge in [-0.3, -0.25) is 9.58 Å². The lowest BCUT2D eigenvalue weighted by Gasteiger charge is -2.38. The van der Waals surface area contributed by atoms with Crippen LogP contribution in [-0.2, 0) is 6.54 Å². The van der Waals surface area contributed by atoms with Crippen LogP contribution in [0.3, 0.4) is 0 Å². The standard InChI is InChI=1S/C15H16N6S/c1-11-5-18-21(6-11)13-8-20(9-13)7-12-10-22-15(19-12)14-16-3-2-4-17-14/h2-6,10,13H,7-9H2,1H3. The smallest absolute Gasteiger partial charge is 0.188 e. The van der Waals surface area contributed by atoms with E-state index in [0.29, 0.717) is 11.9 Å². The molecule has 0 N–H and O–H groups in total. The van der Waals surface area contributed by atoms with Crippen molar-refractivity contribution in [3.63, 3.8) is 0 Å². The Kier molecular flexibility index (Phi) is 3.44. The number of nitrogens with zero attached hydrogens (tertiary/aromatic N) is 6. The van der Waals surface area contributed by atoms with E-state index < -0.39 is 0 Å². The van der Waals surface area contributed by atoms with Crippen molar-refractivity contribution in [3.05, 3.63) is 47.5 Å². The molecule has 0 atom stereocenters. The van der Waals surface area contributed by atoms with Gasteiger partial charge in [0.05, 0.1) is 17.9 Å². The van der Waals surface area contributed by atoms with Crippen LogP contribution >= 0.6 is 11.3 Å². The Bertz CT molecular complexity index is 759. The summed E-state index contributed by atoms with van der Waals surface area (Å²) >= 11 is 1.60. The predicted octanol–water partition coefficient (Wildman–Crippen LogP) is 2.16. The second-order valence-corrected chi connectivity index (χ2v) is 6.42. The maximum Gasteiger partial charge on any atom is 0.188 e. The normalized spacial score (nSPS) is 15.9. The molecule has 0 spiro atoms. The molecule has 6 nitrogen and oxygen atoms in total. The summed E-state index contributed by atoms with van der Waals surface area (Å²) in [5, 5.41) is 7.36. The fraction of sp³-hybridized carbons (Fsp3) is 0.333. The second kappa shape index (κ2) is 5.58. The first-order valence-electron chi connectivity index (χ1n) is 7.23. The average Bonchev–Trinajstić information content (AvgIpc) is 3.12. The van der Waals surface area contributed by atoms with E-state index in [-0.39, 0.29) is 0 Å². The number of thiazole rings is 1. The number of hydrogen-bond acceptors (Lipinski definition) is 6. The minimum absolute atomic E-state index is 0.490. The Morgan fingerprint density at radius 2 is 2.09 bits per heavy atom. The molecular weight excluding hydrogens is 296 g/mol. The molecule has 0 saturated carbocycles. The van der Waals surface area contributed by atoms with Crippen molar-refractivity contribution in [1.82, 2.24) is 29.6 Å². The van der Waals surface area contributed by atoms with Crippen LogP contribution in [0.2, 0.25) is 0 Å². The first-order valence-corrected chi connectivity index (χ1v) is 8.11. The third-order valence-electron chi connectivity index (χ3n) is 3.74. The molecule has 1 saturated heterocycles. The average molecular weight is 312 g/mol. The van der Waals surface area contributed by atoms with Crippen LogP contribution in [0.25, 0.3) is 10.8 Å². The minimum atomic E-state index is 0.490. The van der Waals surface area contributed by atoms with Gasteiger partial charge in [-0.25, -0.2) is 15.0 Å². The van der Waals surface area contributed by atoms with Crippen molar-refractivity contribution < 1.29 is 0 Å². The first-order chi connectivity index (χ1) is 10.8. The van der Waals surface area contributed by atoms with Gasteiger partial charge in [-0.05, 0) is 18.6 Å². The summed E-state index contributed by atoms with van der Waals surface area (Å²) in [6.45, 7) is 4.99. The van der Waals surface area contributed by atoms with Crippen LogP contribution in [0.4, 0.5) is 0 Å². The third kappa shape index (κ3) is 2.65. The summed E-state index contributed by atoms with van der Waals surface area (Å²) in [5.74, 6) is 0.701. The van der Waals surface area contributed by atoms with Gasteiger partial charge in [0.1, 0.15) is 0 Å². The minimum Gasteiger partial charge on any atom is -0.293 e. The molecule has 1 aliphatic heterocycles. The zero-order valence-electron chi connectivity index (χ0n) is 12.3. The lowest BCUT2D eigenvalue weighted by Crippen LogP contribution is -2.47. The highest BCUT2D eigenvalue weighted by molar-refractivity contribution is 7.13. The second-order valence-electron chi connectivity index (χ2n) is 5.56. The monoisotopic (exact) mass is 312 g/mol. The molecule has 22 heavy (non-hydrogen) atoms. The van der Waals surface area contributed by atoms with Gasteiger partial charge in [0.25, 0.3) is 0 Å². The van der Waals surface area contributed by atoms with Gasteiger partial charge in [0.15, 0.2) is 10.8 Å². The van der Waals surface area contributed by atoms with E-state index in [4.69, 9.17) is 0 Å². The summed E-state index contributed by atoms with van der Waals surface area (Å²) < 4.78 is 2.07. The third-order valence-corrected chi connectivity index (χ3v) is 4.62. The summed E-state index contributed by atoms with van der Waals surface area (Å²) in [6, 6.07) is 2.30. The van der Waals surface area contributed by atoms with Gasteiger partial charge >= 0.3 is 0 Å². The predicted molar refractivity (Wildman–Crippen MR) is 84.4 cm³/mol. The molecule has 0 amide bonds. The molecule has 0 bridgehead atoms. The fourth-order valence-electron chi connectivity index (χ4n) is 2.59.